The fourth-order valence-electron chi connectivity index (χ4n) is 3.10. The fourth-order valence-corrected chi connectivity index (χ4v) is 3.83. The monoisotopic (exact) mass is 460 g/mol. The quantitative estimate of drug-likeness (QED) is 0.378. The molecule has 0 fully saturated rings. The molecule has 0 aliphatic rings. The zero-order valence-electron chi connectivity index (χ0n) is 16.7. The van der Waals surface area contributed by atoms with Crippen molar-refractivity contribution in [3.63, 3.8) is 0 Å². The van der Waals surface area contributed by atoms with Gasteiger partial charge in [-0.05, 0) is 43.3 Å². The average Bonchev–Trinajstić information content (AvgIpc) is 3.34. The van der Waals surface area contributed by atoms with Crippen LogP contribution in [0.3, 0.4) is 0 Å². The molecule has 1 atom stereocenters. The van der Waals surface area contributed by atoms with Crippen molar-refractivity contribution in [1.82, 2.24) is 9.97 Å². The molecule has 0 aliphatic heterocycles. The van der Waals surface area contributed by atoms with Crippen LogP contribution in [0.15, 0.2) is 63.8 Å². The van der Waals surface area contributed by atoms with E-state index in [-0.39, 0.29) is 23.7 Å². The van der Waals surface area contributed by atoms with Gasteiger partial charge in [-0.25, -0.2) is 4.98 Å². The van der Waals surface area contributed by atoms with Crippen LogP contribution in [0.2, 0.25) is 0 Å². The molecule has 1 unspecified atom stereocenters. The molecular weight excluding hydrogens is 442 g/mol. The molecule has 32 heavy (non-hydrogen) atoms. The number of nitrogens with zero attached hydrogens (tertiary/aromatic N) is 1. The molecule has 4 rings (SSSR count). The Bertz CT molecular complexity index is 1270. The number of aliphatic hydroxyl groups is 1. The number of hydrogen-bond donors (Lipinski definition) is 3. The van der Waals surface area contributed by atoms with Gasteiger partial charge >= 0.3 is 10.8 Å². The van der Waals surface area contributed by atoms with Crippen molar-refractivity contribution in [2.75, 3.05) is 6.61 Å². The topological polar surface area (TPSA) is 109 Å². The van der Waals surface area contributed by atoms with Gasteiger partial charge in [0, 0.05) is 11.1 Å². The molecule has 0 radical (unpaired) electrons. The van der Waals surface area contributed by atoms with Crippen molar-refractivity contribution in [2.24, 2.45) is 0 Å². The van der Waals surface area contributed by atoms with Gasteiger partial charge in [0.15, 0.2) is 0 Å². The predicted molar refractivity (Wildman–Crippen MR) is 113 cm³/mol. The highest BCUT2D eigenvalue weighted by Gasteiger charge is 2.39. The summed E-state index contributed by atoms with van der Waals surface area (Å²) < 4.78 is 40.4. The van der Waals surface area contributed by atoms with E-state index in [2.05, 4.69) is 4.98 Å². The Hall–Kier alpha value is -3.50. The first-order chi connectivity index (χ1) is 15.3. The number of nitrogens with one attached hydrogen (secondary N) is 1. The highest BCUT2D eigenvalue weighted by atomic mass is 32.1. The maximum absolute atomic E-state index is 14.6. The number of benzene rings is 2. The van der Waals surface area contributed by atoms with E-state index in [0.29, 0.717) is 17.3 Å². The van der Waals surface area contributed by atoms with E-state index in [0.717, 1.165) is 17.7 Å². The summed E-state index contributed by atoms with van der Waals surface area (Å²) in [7, 11) is 0. The predicted octanol–water partition coefficient (Wildman–Crippen LogP) is 4.36. The van der Waals surface area contributed by atoms with Gasteiger partial charge in [-0.1, -0.05) is 29.5 Å². The zero-order valence-corrected chi connectivity index (χ0v) is 17.5. The molecule has 3 N–H and O–H groups in total. The lowest BCUT2D eigenvalue weighted by Gasteiger charge is -2.16. The van der Waals surface area contributed by atoms with E-state index < -0.39 is 33.2 Å². The summed E-state index contributed by atoms with van der Waals surface area (Å²) in [6.07, 6.45) is -1.09. The number of alkyl halides is 2. The van der Waals surface area contributed by atoms with Gasteiger partial charge in [0.25, 0.3) is 0 Å². The van der Waals surface area contributed by atoms with Gasteiger partial charge in [-0.3, -0.25) is 9.78 Å². The molecule has 2 heterocycles. The minimum Gasteiger partial charge on any atom is -0.494 e. The number of aliphatic hydroxyl groups excluding tert-OH is 1. The van der Waals surface area contributed by atoms with Crippen LogP contribution in [-0.4, -0.2) is 26.8 Å². The van der Waals surface area contributed by atoms with Crippen LogP contribution in [-0.2, 0) is 5.92 Å². The summed E-state index contributed by atoms with van der Waals surface area (Å²) in [5, 5.41) is 20.0. The van der Waals surface area contributed by atoms with Crippen LogP contribution in [0.5, 0.6) is 11.6 Å². The summed E-state index contributed by atoms with van der Waals surface area (Å²) in [4.78, 5) is 16.0. The van der Waals surface area contributed by atoms with Crippen LogP contribution in [0, 0.1) is 6.92 Å². The number of thiazole rings is 1. The van der Waals surface area contributed by atoms with E-state index in [4.69, 9.17) is 9.15 Å². The van der Waals surface area contributed by atoms with Gasteiger partial charge in [-0.2, -0.15) is 8.78 Å². The molecule has 7 nitrogen and oxygen atoms in total. The minimum atomic E-state index is -3.56. The van der Waals surface area contributed by atoms with Crippen molar-refractivity contribution < 1.29 is 28.1 Å². The summed E-state index contributed by atoms with van der Waals surface area (Å²) in [5.41, 5.74) is 0.672. The SMILES string of the molecule is Cc1oc(-c2ccccc2)nc1C(O)COc1ccc(C(F)(F)c2sc(=O)[nH]c2O)cc1. The van der Waals surface area contributed by atoms with Crippen LogP contribution < -0.4 is 9.61 Å². The molecule has 2 aromatic carbocycles. The number of aromatic hydroxyl groups is 1. The third-order valence-corrected chi connectivity index (χ3v) is 5.65. The van der Waals surface area contributed by atoms with E-state index in [1.54, 1.807) is 6.92 Å². The van der Waals surface area contributed by atoms with Crippen LogP contribution in [0.1, 0.15) is 28.0 Å². The highest BCUT2D eigenvalue weighted by molar-refractivity contribution is 7.09. The maximum atomic E-state index is 14.6. The summed E-state index contributed by atoms with van der Waals surface area (Å²) in [5.74, 6) is -3.34. The van der Waals surface area contributed by atoms with E-state index in [9.17, 15) is 23.8 Å². The van der Waals surface area contributed by atoms with Crippen molar-refractivity contribution in [3.05, 3.63) is 86.2 Å². The first kappa shape index (κ1) is 21.7. The molecule has 0 saturated carbocycles. The summed E-state index contributed by atoms with van der Waals surface area (Å²) in [6.45, 7) is 1.51. The number of oxazole rings is 1. The van der Waals surface area contributed by atoms with Gasteiger partial charge in [0.2, 0.25) is 11.8 Å². The van der Waals surface area contributed by atoms with Crippen molar-refractivity contribution in [2.45, 2.75) is 19.0 Å². The lowest BCUT2D eigenvalue weighted by molar-refractivity contribution is 0.0440. The number of ether oxygens (including phenoxy) is 1. The Morgan fingerprint density at radius 1 is 1.19 bits per heavy atom. The number of aromatic nitrogens is 2. The molecule has 166 valence electrons. The number of aromatic amines is 1. The second-order valence-corrected chi connectivity index (χ2v) is 7.93. The van der Waals surface area contributed by atoms with Crippen LogP contribution in [0.25, 0.3) is 11.5 Å². The first-order valence-electron chi connectivity index (χ1n) is 9.50. The molecule has 0 bridgehead atoms. The number of hydrogen-bond acceptors (Lipinski definition) is 7. The second-order valence-electron chi connectivity index (χ2n) is 6.94. The Balaban J connectivity index is 1.44. The maximum Gasteiger partial charge on any atom is 0.312 e. The largest absolute Gasteiger partial charge is 0.494 e. The number of rotatable bonds is 7. The Morgan fingerprint density at radius 2 is 1.88 bits per heavy atom. The molecule has 0 amide bonds. The fraction of sp³-hybridized carbons (Fsp3) is 0.182. The first-order valence-corrected chi connectivity index (χ1v) is 10.3. The lowest BCUT2D eigenvalue weighted by Crippen LogP contribution is -2.14. The van der Waals surface area contributed by atoms with Crippen LogP contribution in [0.4, 0.5) is 8.78 Å². The summed E-state index contributed by atoms with van der Waals surface area (Å²) >= 11 is 0.243. The minimum absolute atomic E-state index is 0.169. The Labute approximate surface area is 184 Å². The Morgan fingerprint density at radius 3 is 2.50 bits per heavy atom. The van der Waals surface area contributed by atoms with Crippen LogP contribution >= 0.6 is 11.3 Å². The number of halogens is 2. The third kappa shape index (κ3) is 4.27. The lowest BCUT2D eigenvalue weighted by atomic mass is 10.1. The standard InChI is InChI=1S/C22H18F2N2O5S/c1-12-17(25-20(31-12)13-5-3-2-4-6-13)16(27)11-30-15-9-7-14(8-10-15)22(23,24)18-19(28)26-21(29)32-18/h2-10,16,27-28H,11H2,1H3,(H,26,29). The normalized spacial score (nSPS) is 12.6. The third-order valence-electron chi connectivity index (χ3n) is 4.71. The molecule has 0 saturated heterocycles. The van der Waals surface area contributed by atoms with E-state index in [1.165, 1.54) is 12.1 Å². The van der Waals surface area contributed by atoms with Crippen molar-refractivity contribution in [3.8, 4) is 23.1 Å². The molecule has 2 aromatic heterocycles. The number of H-pyrrole nitrogens is 1. The average molecular weight is 460 g/mol. The second kappa shape index (κ2) is 8.56. The zero-order chi connectivity index (χ0) is 22.9. The summed E-state index contributed by atoms with van der Waals surface area (Å²) in [6, 6.07) is 14.1. The Kier molecular flexibility index (Phi) is 5.81. The molecule has 4 aromatic rings. The van der Waals surface area contributed by atoms with E-state index >= 15 is 0 Å². The molecule has 0 spiro atoms. The smallest absolute Gasteiger partial charge is 0.312 e. The van der Waals surface area contributed by atoms with Gasteiger partial charge in [-0.15, -0.1) is 0 Å². The molecular formula is C22H18F2N2O5S. The van der Waals surface area contributed by atoms with Crippen molar-refractivity contribution in [1.29, 1.82) is 0 Å². The van der Waals surface area contributed by atoms with Gasteiger partial charge in [0.05, 0.1) is 0 Å². The van der Waals surface area contributed by atoms with Gasteiger partial charge < -0.3 is 19.4 Å². The highest BCUT2D eigenvalue weighted by Crippen LogP contribution is 2.41. The van der Waals surface area contributed by atoms with Crippen molar-refractivity contribution >= 4 is 11.3 Å². The molecule has 10 heteroatoms. The molecule has 0 aliphatic carbocycles. The van der Waals surface area contributed by atoms with E-state index in [1.807, 2.05) is 35.3 Å². The number of aryl methyl sites for hydroxylation is 1. The van der Waals surface area contributed by atoms with Gasteiger partial charge in [0.1, 0.15) is 34.8 Å².